The van der Waals surface area contributed by atoms with Gasteiger partial charge in [0.1, 0.15) is 4.90 Å². The fraction of sp³-hybridized carbons (Fsp3) is 0.235. The van der Waals surface area contributed by atoms with E-state index in [4.69, 9.17) is 16.3 Å². The van der Waals surface area contributed by atoms with Crippen LogP contribution in [0.2, 0.25) is 5.02 Å². The highest BCUT2D eigenvalue weighted by Gasteiger charge is 2.30. The van der Waals surface area contributed by atoms with Crippen molar-refractivity contribution in [3.05, 3.63) is 63.2 Å². The van der Waals surface area contributed by atoms with Crippen LogP contribution >= 0.6 is 11.6 Å². The number of hydrazone groups is 1. The molecule has 1 saturated heterocycles. The summed E-state index contributed by atoms with van der Waals surface area (Å²) >= 11 is 6.06. The van der Waals surface area contributed by atoms with Gasteiger partial charge in [-0.15, -0.1) is 0 Å². The van der Waals surface area contributed by atoms with E-state index in [0.29, 0.717) is 10.6 Å². The number of benzene rings is 2. The fourth-order valence-corrected chi connectivity index (χ4v) is 4.36. The summed E-state index contributed by atoms with van der Waals surface area (Å²) in [6, 6.07) is 10.6. The van der Waals surface area contributed by atoms with E-state index >= 15 is 0 Å². The number of sulfonamides is 1. The SMILES string of the molecule is O=[N+]([O-])c1ccc(N/N=C/c2ccccc2Cl)c(S(=O)(=O)N2CCOCC2)c1. The van der Waals surface area contributed by atoms with Crippen molar-refractivity contribution in [3.63, 3.8) is 0 Å². The summed E-state index contributed by atoms with van der Waals surface area (Å²) in [5.74, 6) is 0. The zero-order chi connectivity index (χ0) is 20.1. The normalized spacial score (nSPS) is 15.6. The predicted molar refractivity (Wildman–Crippen MR) is 105 cm³/mol. The number of nitrogens with one attached hydrogen (secondary N) is 1. The van der Waals surface area contributed by atoms with Gasteiger partial charge in [0.15, 0.2) is 0 Å². The van der Waals surface area contributed by atoms with Crippen LogP contribution in [-0.2, 0) is 14.8 Å². The third kappa shape index (κ3) is 4.47. The average molecular weight is 425 g/mol. The van der Waals surface area contributed by atoms with Crippen LogP contribution in [0.4, 0.5) is 11.4 Å². The number of non-ortho nitro benzene ring substituents is 1. The summed E-state index contributed by atoms with van der Waals surface area (Å²) in [5, 5.41) is 15.6. The van der Waals surface area contributed by atoms with E-state index in [9.17, 15) is 18.5 Å². The molecule has 1 heterocycles. The zero-order valence-electron chi connectivity index (χ0n) is 14.6. The molecule has 28 heavy (non-hydrogen) atoms. The number of anilines is 1. The molecule has 0 saturated carbocycles. The first-order valence-corrected chi connectivity index (χ1v) is 10.1. The maximum atomic E-state index is 13.0. The molecule has 2 aromatic rings. The Balaban J connectivity index is 1.94. The highest BCUT2D eigenvalue weighted by molar-refractivity contribution is 7.89. The summed E-state index contributed by atoms with van der Waals surface area (Å²) < 4.78 is 32.4. The number of nitrogens with zero attached hydrogens (tertiary/aromatic N) is 3. The molecule has 148 valence electrons. The third-order valence-electron chi connectivity index (χ3n) is 4.06. The van der Waals surface area contributed by atoms with Gasteiger partial charge in [0.05, 0.1) is 30.0 Å². The van der Waals surface area contributed by atoms with Gasteiger partial charge in [-0.1, -0.05) is 29.8 Å². The fourth-order valence-electron chi connectivity index (χ4n) is 2.61. The second-order valence-corrected chi connectivity index (χ2v) is 8.16. The summed E-state index contributed by atoms with van der Waals surface area (Å²) in [6.07, 6.45) is 1.44. The van der Waals surface area contributed by atoms with E-state index in [1.54, 1.807) is 24.3 Å². The number of nitro groups is 1. The maximum Gasteiger partial charge on any atom is 0.270 e. The van der Waals surface area contributed by atoms with Gasteiger partial charge in [0.25, 0.3) is 5.69 Å². The van der Waals surface area contributed by atoms with Gasteiger partial charge in [-0.2, -0.15) is 9.41 Å². The Bertz CT molecular complexity index is 1010. The van der Waals surface area contributed by atoms with Crippen LogP contribution in [0.3, 0.4) is 0 Å². The molecule has 0 bridgehead atoms. The topological polar surface area (TPSA) is 114 Å². The molecule has 0 spiro atoms. The van der Waals surface area contributed by atoms with Gasteiger partial charge in [-0.25, -0.2) is 8.42 Å². The van der Waals surface area contributed by atoms with E-state index in [2.05, 4.69) is 10.5 Å². The van der Waals surface area contributed by atoms with Gasteiger partial charge in [-0.05, 0) is 12.1 Å². The van der Waals surface area contributed by atoms with Crippen molar-refractivity contribution in [2.45, 2.75) is 4.90 Å². The standard InChI is InChI=1S/C17H17ClN4O5S/c18-15-4-2-1-3-13(15)12-19-20-16-6-5-14(22(23)24)11-17(16)28(25,26)21-7-9-27-10-8-21/h1-6,11-12,20H,7-10H2/b19-12+. The van der Waals surface area contributed by atoms with E-state index in [1.165, 1.54) is 22.7 Å². The molecular formula is C17H17ClN4O5S. The van der Waals surface area contributed by atoms with Crippen LogP contribution in [0.1, 0.15) is 5.56 Å². The molecule has 1 N–H and O–H groups in total. The number of hydrogen-bond donors (Lipinski definition) is 1. The van der Waals surface area contributed by atoms with Crippen LogP contribution in [-0.4, -0.2) is 50.2 Å². The number of ether oxygens (including phenoxy) is 1. The molecule has 9 nitrogen and oxygen atoms in total. The lowest BCUT2D eigenvalue weighted by Crippen LogP contribution is -2.40. The Kier molecular flexibility index (Phi) is 6.25. The second-order valence-electron chi connectivity index (χ2n) is 5.85. The van der Waals surface area contributed by atoms with Gasteiger partial charge < -0.3 is 4.74 Å². The Hall–Kier alpha value is -2.53. The number of halogens is 1. The van der Waals surface area contributed by atoms with Gasteiger partial charge in [0, 0.05) is 35.8 Å². The first-order chi connectivity index (χ1) is 13.4. The summed E-state index contributed by atoms with van der Waals surface area (Å²) in [6.45, 7) is 0.879. The molecule has 0 unspecified atom stereocenters. The smallest absolute Gasteiger partial charge is 0.270 e. The van der Waals surface area contributed by atoms with Crippen LogP contribution in [0.15, 0.2) is 52.5 Å². The average Bonchev–Trinajstić information content (AvgIpc) is 2.70. The molecule has 1 aliphatic heterocycles. The molecule has 0 atom stereocenters. The molecule has 0 aliphatic carbocycles. The summed E-state index contributed by atoms with van der Waals surface area (Å²) in [4.78, 5) is 10.3. The predicted octanol–water partition coefficient (Wildman–Crippen LogP) is 2.72. The van der Waals surface area contributed by atoms with Crippen LogP contribution in [0, 0.1) is 10.1 Å². The van der Waals surface area contributed by atoms with E-state index in [0.717, 1.165) is 6.07 Å². The monoisotopic (exact) mass is 424 g/mol. The van der Waals surface area contributed by atoms with Crippen LogP contribution in [0.5, 0.6) is 0 Å². The largest absolute Gasteiger partial charge is 0.379 e. The highest BCUT2D eigenvalue weighted by Crippen LogP contribution is 2.29. The second kappa shape index (κ2) is 8.65. The van der Waals surface area contributed by atoms with Crippen molar-refractivity contribution in [1.29, 1.82) is 0 Å². The van der Waals surface area contributed by atoms with Gasteiger partial charge in [-0.3, -0.25) is 15.5 Å². The molecule has 2 aromatic carbocycles. The molecule has 1 fully saturated rings. The van der Waals surface area contributed by atoms with E-state index < -0.39 is 14.9 Å². The van der Waals surface area contributed by atoms with Crippen molar-refractivity contribution in [2.24, 2.45) is 5.10 Å². The number of hydrogen-bond acceptors (Lipinski definition) is 7. The molecule has 0 radical (unpaired) electrons. The maximum absolute atomic E-state index is 13.0. The number of nitro benzene ring substituents is 1. The molecule has 3 rings (SSSR count). The van der Waals surface area contributed by atoms with Crippen LogP contribution in [0.25, 0.3) is 0 Å². The van der Waals surface area contributed by atoms with Gasteiger partial charge in [0.2, 0.25) is 10.0 Å². The first-order valence-electron chi connectivity index (χ1n) is 8.29. The molecular weight excluding hydrogens is 408 g/mol. The number of rotatable bonds is 6. The third-order valence-corrected chi connectivity index (χ3v) is 6.34. The highest BCUT2D eigenvalue weighted by atomic mass is 35.5. The lowest BCUT2D eigenvalue weighted by Gasteiger charge is -2.26. The first kappa shape index (κ1) is 20.2. The van der Waals surface area contributed by atoms with E-state index in [1.807, 2.05) is 0 Å². The van der Waals surface area contributed by atoms with Gasteiger partial charge >= 0.3 is 0 Å². The lowest BCUT2D eigenvalue weighted by atomic mass is 10.2. The lowest BCUT2D eigenvalue weighted by molar-refractivity contribution is -0.385. The van der Waals surface area contributed by atoms with Crippen LogP contribution < -0.4 is 5.43 Å². The van der Waals surface area contributed by atoms with Crippen molar-refractivity contribution in [2.75, 3.05) is 31.7 Å². The molecule has 0 amide bonds. The Morgan fingerprint density at radius 1 is 1.21 bits per heavy atom. The number of morpholine rings is 1. The minimum Gasteiger partial charge on any atom is -0.379 e. The van der Waals surface area contributed by atoms with Crippen molar-refractivity contribution >= 4 is 39.2 Å². The Morgan fingerprint density at radius 2 is 1.93 bits per heavy atom. The molecule has 1 aliphatic rings. The van der Waals surface area contributed by atoms with Crippen molar-refractivity contribution in [3.8, 4) is 0 Å². The zero-order valence-corrected chi connectivity index (χ0v) is 16.2. The minimum absolute atomic E-state index is 0.125. The quantitative estimate of drug-likeness (QED) is 0.433. The van der Waals surface area contributed by atoms with Crippen molar-refractivity contribution in [1.82, 2.24) is 4.31 Å². The molecule has 0 aromatic heterocycles. The Morgan fingerprint density at radius 3 is 2.61 bits per heavy atom. The van der Waals surface area contributed by atoms with E-state index in [-0.39, 0.29) is 42.6 Å². The summed E-state index contributed by atoms with van der Waals surface area (Å²) in [5.41, 5.74) is 3.09. The Labute approximate surface area is 166 Å². The molecule has 11 heteroatoms. The van der Waals surface area contributed by atoms with Crippen molar-refractivity contribution < 1.29 is 18.1 Å². The summed E-state index contributed by atoms with van der Waals surface area (Å²) in [7, 11) is -3.97. The minimum atomic E-state index is -3.97.